The Kier molecular flexibility index (Phi) is 4.92. The van der Waals surface area contributed by atoms with E-state index >= 15 is 0 Å². The summed E-state index contributed by atoms with van der Waals surface area (Å²) in [5.41, 5.74) is -0.378. The third-order valence-corrected chi connectivity index (χ3v) is 8.60. The van der Waals surface area contributed by atoms with Crippen LogP contribution in [0.3, 0.4) is 0 Å². The third kappa shape index (κ3) is 3.25. The molecule has 4 rings (SSSR count). The zero-order chi connectivity index (χ0) is 19.3. The lowest BCUT2D eigenvalue weighted by Gasteiger charge is -2.38. The van der Waals surface area contributed by atoms with Crippen molar-refractivity contribution in [1.82, 2.24) is 0 Å². The van der Waals surface area contributed by atoms with Gasteiger partial charge in [0, 0.05) is 12.8 Å². The van der Waals surface area contributed by atoms with Crippen molar-refractivity contribution in [3.05, 3.63) is 0 Å². The van der Waals surface area contributed by atoms with Gasteiger partial charge in [-0.05, 0) is 80.5 Å². The van der Waals surface area contributed by atoms with Crippen molar-refractivity contribution in [2.75, 3.05) is 0 Å². The number of carbonyl (C=O) groups is 2. The molecule has 152 valence electrons. The predicted molar refractivity (Wildman–Crippen MR) is 99.6 cm³/mol. The Morgan fingerprint density at radius 3 is 2.37 bits per heavy atom. The van der Waals surface area contributed by atoms with Gasteiger partial charge < -0.3 is 14.2 Å². The van der Waals surface area contributed by atoms with Crippen LogP contribution in [-0.4, -0.2) is 24.0 Å². The molecule has 0 aromatic rings. The van der Waals surface area contributed by atoms with Crippen molar-refractivity contribution in [3.8, 4) is 0 Å². The zero-order valence-corrected chi connectivity index (χ0v) is 17.1. The maximum Gasteiger partial charge on any atom is 0.511 e. The second-order valence-electron chi connectivity index (χ2n) is 9.72. The minimum atomic E-state index is -0.813. The van der Waals surface area contributed by atoms with E-state index in [1.54, 1.807) is 0 Å². The van der Waals surface area contributed by atoms with Gasteiger partial charge in [0.2, 0.25) is 0 Å². The average Bonchev–Trinajstić information content (AvgIpc) is 3.36. The monoisotopic (exact) mass is 378 g/mol. The number of esters is 1. The van der Waals surface area contributed by atoms with Gasteiger partial charge in [0.05, 0.1) is 0 Å². The van der Waals surface area contributed by atoms with Crippen molar-refractivity contribution in [3.63, 3.8) is 0 Å². The molecule has 27 heavy (non-hydrogen) atoms. The van der Waals surface area contributed by atoms with Gasteiger partial charge in [0.15, 0.2) is 0 Å². The second kappa shape index (κ2) is 6.97. The number of fused-ring (bicyclic) bond motifs is 4. The van der Waals surface area contributed by atoms with Crippen LogP contribution >= 0.6 is 0 Å². The molecule has 0 aliphatic heterocycles. The Balaban J connectivity index is 1.43. The minimum Gasteiger partial charge on any atom is -0.427 e. The van der Waals surface area contributed by atoms with Crippen LogP contribution in [0.2, 0.25) is 0 Å². The lowest BCUT2D eigenvalue weighted by Crippen LogP contribution is -2.43. The number of carbonyl (C=O) groups excluding carboxylic acids is 2. The smallest absolute Gasteiger partial charge is 0.427 e. The molecular formula is C22H34O5. The first kappa shape index (κ1) is 19.1. The molecule has 5 heteroatoms. The summed E-state index contributed by atoms with van der Waals surface area (Å²) in [6.45, 7) is 8.05. The van der Waals surface area contributed by atoms with E-state index in [1.165, 1.54) is 13.3 Å². The van der Waals surface area contributed by atoms with E-state index in [2.05, 4.69) is 20.8 Å². The second-order valence-corrected chi connectivity index (χ2v) is 9.72. The summed E-state index contributed by atoms with van der Waals surface area (Å²) in [4.78, 5) is 24.4. The molecular weight excluding hydrogens is 344 g/mol. The van der Waals surface area contributed by atoms with Crippen molar-refractivity contribution in [2.24, 2.45) is 41.4 Å². The maximum atomic E-state index is 12.7. The fourth-order valence-corrected chi connectivity index (χ4v) is 6.98. The van der Waals surface area contributed by atoms with E-state index in [4.69, 9.17) is 14.2 Å². The number of hydrogen-bond donors (Lipinski definition) is 0. The van der Waals surface area contributed by atoms with Crippen molar-refractivity contribution >= 4 is 12.1 Å². The summed E-state index contributed by atoms with van der Waals surface area (Å²) >= 11 is 0. The lowest BCUT2D eigenvalue weighted by molar-refractivity contribution is -0.191. The summed E-state index contributed by atoms with van der Waals surface area (Å²) < 4.78 is 17.1. The van der Waals surface area contributed by atoms with Crippen LogP contribution in [0.4, 0.5) is 4.79 Å². The Hall–Kier alpha value is -1.26. The first-order valence-electron chi connectivity index (χ1n) is 10.9. The van der Waals surface area contributed by atoms with Gasteiger partial charge in [-0.15, -0.1) is 0 Å². The quantitative estimate of drug-likeness (QED) is 0.502. The SMILES string of the molecule is CC[C@@]1(OC(=O)OC(OC(C)=O)C2CC3CC2C(C)C3C)C[C@@H]2CC[C@H]1C2. The van der Waals surface area contributed by atoms with Crippen LogP contribution < -0.4 is 0 Å². The Morgan fingerprint density at radius 1 is 1.07 bits per heavy atom. The minimum absolute atomic E-state index is 0.0928. The summed E-state index contributed by atoms with van der Waals surface area (Å²) in [5.74, 6) is 3.17. The molecule has 0 N–H and O–H groups in total. The average molecular weight is 379 g/mol. The highest BCUT2D eigenvalue weighted by molar-refractivity contribution is 5.66. The van der Waals surface area contributed by atoms with Gasteiger partial charge in [-0.25, -0.2) is 4.79 Å². The fraction of sp³-hybridized carbons (Fsp3) is 0.909. The molecule has 4 saturated carbocycles. The molecule has 0 spiro atoms. The van der Waals surface area contributed by atoms with Crippen LogP contribution in [0.5, 0.6) is 0 Å². The van der Waals surface area contributed by atoms with Gasteiger partial charge in [0.25, 0.3) is 6.29 Å². The van der Waals surface area contributed by atoms with E-state index in [0.29, 0.717) is 35.5 Å². The lowest BCUT2D eigenvalue weighted by atomic mass is 9.75. The molecule has 0 amide bonds. The molecule has 9 atom stereocenters. The van der Waals surface area contributed by atoms with Crippen molar-refractivity contribution in [1.29, 1.82) is 0 Å². The first-order valence-corrected chi connectivity index (χ1v) is 10.9. The van der Waals surface area contributed by atoms with Gasteiger partial charge in [-0.1, -0.05) is 20.8 Å². The van der Waals surface area contributed by atoms with E-state index in [-0.39, 0.29) is 11.5 Å². The molecule has 4 aliphatic rings. The number of ether oxygens (including phenoxy) is 3. The summed E-state index contributed by atoms with van der Waals surface area (Å²) in [6, 6.07) is 0. The van der Waals surface area contributed by atoms with Gasteiger partial charge in [-0.3, -0.25) is 4.79 Å². The summed E-state index contributed by atoms with van der Waals surface area (Å²) in [5, 5.41) is 0. The molecule has 5 nitrogen and oxygen atoms in total. The number of hydrogen-bond acceptors (Lipinski definition) is 5. The largest absolute Gasteiger partial charge is 0.511 e. The molecule has 0 aromatic carbocycles. The molecule has 0 heterocycles. The maximum absolute atomic E-state index is 12.7. The van der Waals surface area contributed by atoms with Gasteiger partial charge in [-0.2, -0.15) is 0 Å². The highest BCUT2D eigenvalue weighted by atomic mass is 16.8. The van der Waals surface area contributed by atoms with E-state index in [9.17, 15) is 9.59 Å². The Bertz CT molecular complexity index is 602. The molecule has 0 saturated heterocycles. The van der Waals surface area contributed by atoms with Crippen LogP contribution in [0.15, 0.2) is 0 Å². The summed E-state index contributed by atoms with van der Waals surface area (Å²) in [7, 11) is 0. The molecule has 6 unspecified atom stereocenters. The van der Waals surface area contributed by atoms with Crippen molar-refractivity contribution in [2.45, 2.75) is 84.5 Å². The molecule has 0 aromatic heterocycles. The Morgan fingerprint density at radius 2 is 1.85 bits per heavy atom. The molecule has 4 fully saturated rings. The van der Waals surface area contributed by atoms with E-state index in [0.717, 1.165) is 38.5 Å². The normalized spacial score (nSPS) is 45.7. The van der Waals surface area contributed by atoms with Crippen LogP contribution in [0.1, 0.15) is 72.6 Å². The van der Waals surface area contributed by atoms with Crippen molar-refractivity contribution < 1.29 is 23.8 Å². The standard InChI is InChI=1S/C22H34O5/c1-5-22(11-15-6-7-17(22)8-15)27-21(24)26-20(25-14(4)23)19-10-16-9-18(19)13(3)12(16)2/h12-13,15-20H,5-11H2,1-4H3/t12?,13?,15-,16?,17+,18?,19?,20?,22-/m1/s1. The van der Waals surface area contributed by atoms with Crippen LogP contribution in [-0.2, 0) is 19.0 Å². The van der Waals surface area contributed by atoms with Gasteiger partial charge >= 0.3 is 12.1 Å². The van der Waals surface area contributed by atoms with E-state index < -0.39 is 18.4 Å². The van der Waals surface area contributed by atoms with Crippen LogP contribution in [0, 0.1) is 41.4 Å². The highest BCUT2D eigenvalue weighted by Gasteiger charge is 2.55. The zero-order valence-electron chi connectivity index (χ0n) is 17.1. The molecule has 0 radical (unpaired) electrons. The predicted octanol–water partition coefficient (Wildman–Crippen LogP) is 4.93. The summed E-state index contributed by atoms with van der Waals surface area (Å²) in [6.07, 6.45) is 5.97. The third-order valence-electron chi connectivity index (χ3n) is 8.60. The van der Waals surface area contributed by atoms with E-state index in [1.807, 2.05) is 0 Å². The van der Waals surface area contributed by atoms with Gasteiger partial charge in [0.1, 0.15) is 5.60 Å². The Labute approximate surface area is 162 Å². The number of rotatable bonds is 5. The van der Waals surface area contributed by atoms with Crippen LogP contribution in [0.25, 0.3) is 0 Å². The first-order chi connectivity index (χ1) is 12.8. The fourth-order valence-electron chi connectivity index (χ4n) is 6.98. The molecule has 4 aliphatic carbocycles. The topological polar surface area (TPSA) is 61.8 Å². The molecule has 4 bridgehead atoms. The highest BCUT2D eigenvalue weighted by Crippen LogP contribution is 2.57.